The summed E-state index contributed by atoms with van der Waals surface area (Å²) in [5.74, 6) is 1.91. The van der Waals surface area contributed by atoms with E-state index < -0.39 is 6.04 Å². The molecule has 0 saturated heterocycles. The number of carbonyl (C=O) groups is 1. The molecule has 1 fully saturated rings. The Kier molecular flexibility index (Phi) is 8.58. The summed E-state index contributed by atoms with van der Waals surface area (Å²) in [5, 5.41) is 3.39. The van der Waals surface area contributed by atoms with Crippen LogP contribution in [0, 0.1) is 5.92 Å². The summed E-state index contributed by atoms with van der Waals surface area (Å²) in [6.45, 7) is 0.705. The van der Waals surface area contributed by atoms with E-state index in [1.807, 2.05) is 72.8 Å². The lowest BCUT2D eigenvalue weighted by atomic mass is 9.84. The lowest BCUT2D eigenvalue weighted by Gasteiger charge is -2.28. The largest absolute Gasteiger partial charge is 0.497 e. The highest BCUT2D eigenvalue weighted by Crippen LogP contribution is 2.36. The number of hydrogen-bond donors (Lipinski definition) is 1. The van der Waals surface area contributed by atoms with Crippen molar-refractivity contribution in [1.82, 2.24) is 15.3 Å². The molecule has 200 valence electrons. The van der Waals surface area contributed by atoms with Gasteiger partial charge in [-0.1, -0.05) is 66.6 Å². The monoisotopic (exact) mass is 543 g/mol. The van der Waals surface area contributed by atoms with E-state index in [1.54, 1.807) is 13.3 Å². The number of methoxy groups -OCH3 is 1. The van der Waals surface area contributed by atoms with Gasteiger partial charge < -0.3 is 19.5 Å². The predicted octanol–water partition coefficient (Wildman–Crippen LogP) is 6.30. The molecule has 1 aliphatic carbocycles. The standard InChI is InChI=1S/C31H30ClN3O4/c1-37-25-13-10-22(11-14-25)20-38-26-15-12-24(18-27(26)39-19-21-6-3-2-4-7-21)28(29-30(32)34-17-16-33-29)35-31(36)23-8-5-9-23/h2-4,6-7,10-18,23,28H,5,8-9,19-20H2,1H3,(H,35,36). The van der Waals surface area contributed by atoms with E-state index in [4.69, 9.17) is 25.8 Å². The lowest BCUT2D eigenvalue weighted by Crippen LogP contribution is -2.37. The Balaban J connectivity index is 1.44. The van der Waals surface area contributed by atoms with Gasteiger partial charge in [0.05, 0.1) is 13.2 Å². The number of nitrogens with one attached hydrogen (secondary N) is 1. The van der Waals surface area contributed by atoms with Gasteiger partial charge in [0.1, 0.15) is 24.7 Å². The fraction of sp³-hybridized carbons (Fsp3) is 0.258. The van der Waals surface area contributed by atoms with Crippen LogP contribution in [0.1, 0.15) is 47.7 Å². The van der Waals surface area contributed by atoms with Gasteiger partial charge in [-0.15, -0.1) is 0 Å². The van der Waals surface area contributed by atoms with Crippen LogP contribution in [0.15, 0.2) is 85.2 Å². The highest BCUT2D eigenvalue weighted by molar-refractivity contribution is 6.30. The lowest BCUT2D eigenvalue weighted by molar-refractivity contribution is -0.127. The van der Waals surface area contributed by atoms with Crippen molar-refractivity contribution >= 4 is 17.5 Å². The molecule has 1 heterocycles. The van der Waals surface area contributed by atoms with Crippen LogP contribution in [0.5, 0.6) is 17.2 Å². The molecule has 1 saturated carbocycles. The zero-order valence-corrected chi connectivity index (χ0v) is 22.4. The Bertz CT molecular complexity index is 1390. The van der Waals surface area contributed by atoms with Gasteiger partial charge in [-0.2, -0.15) is 0 Å². The molecule has 0 spiro atoms. The van der Waals surface area contributed by atoms with Crippen molar-refractivity contribution in [2.75, 3.05) is 7.11 Å². The molecule has 1 atom stereocenters. The first-order valence-electron chi connectivity index (χ1n) is 12.9. The minimum atomic E-state index is -0.589. The van der Waals surface area contributed by atoms with Crippen LogP contribution >= 0.6 is 11.6 Å². The van der Waals surface area contributed by atoms with Crippen molar-refractivity contribution in [3.05, 3.63) is 113 Å². The van der Waals surface area contributed by atoms with E-state index in [1.165, 1.54) is 6.20 Å². The number of halogens is 1. The van der Waals surface area contributed by atoms with Crippen LogP contribution in [-0.2, 0) is 18.0 Å². The average Bonchev–Trinajstić information content (AvgIpc) is 2.94. The van der Waals surface area contributed by atoms with Crippen molar-refractivity contribution in [3.63, 3.8) is 0 Å². The summed E-state index contributed by atoms with van der Waals surface area (Å²) in [7, 11) is 1.64. The smallest absolute Gasteiger partial charge is 0.223 e. The molecule has 1 unspecified atom stereocenters. The molecule has 4 aromatic rings. The highest BCUT2D eigenvalue weighted by Gasteiger charge is 2.30. The summed E-state index contributed by atoms with van der Waals surface area (Å²) in [6, 6.07) is 22.7. The molecule has 7 nitrogen and oxygen atoms in total. The first kappa shape index (κ1) is 26.5. The van der Waals surface area contributed by atoms with Crippen LogP contribution < -0.4 is 19.5 Å². The van der Waals surface area contributed by atoms with Crippen LogP contribution in [0.4, 0.5) is 0 Å². The fourth-order valence-corrected chi connectivity index (χ4v) is 4.53. The Hall–Kier alpha value is -4.10. The molecule has 0 radical (unpaired) electrons. The number of benzene rings is 3. The SMILES string of the molecule is COc1ccc(COc2ccc(C(NC(=O)C3CCC3)c3nccnc3Cl)cc2OCc2ccccc2)cc1. The van der Waals surface area contributed by atoms with Crippen molar-refractivity contribution in [2.24, 2.45) is 5.92 Å². The number of aromatic nitrogens is 2. The predicted molar refractivity (Wildman–Crippen MR) is 149 cm³/mol. The second-order valence-electron chi connectivity index (χ2n) is 9.42. The third-order valence-corrected chi connectivity index (χ3v) is 7.10. The minimum Gasteiger partial charge on any atom is -0.497 e. The minimum absolute atomic E-state index is 0.00357. The van der Waals surface area contributed by atoms with E-state index in [0.29, 0.717) is 30.4 Å². The van der Waals surface area contributed by atoms with Gasteiger partial charge in [0.25, 0.3) is 0 Å². The van der Waals surface area contributed by atoms with E-state index in [2.05, 4.69) is 15.3 Å². The number of rotatable bonds is 11. The van der Waals surface area contributed by atoms with E-state index >= 15 is 0 Å². The summed E-state index contributed by atoms with van der Waals surface area (Å²) >= 11 is 6.44. The van der Waals surface area contributed by atoms with Crippen LogP contribution in [0.3, 0.4) is 0 Å². The van der Waals surface area contributed by atoms with Crippen LogP contribution in [-0.4, -0.2) is 23.0 Å². The second-order valence-corrected chi connectivity index (χ2v) is 9.78. The number of ether oxygens (including phenoxy) is 3. The normalized spacial score (nSPS) is 13.7. The summed E-state index contributed by atoms with van der Waals surface area (Å²) < 4.78 is 17.7. The van der Waals surface area contributed by atoms with E-state index in [-0.39, 0.29) is 17.0 Å². The van der Waals surface area contributed by atoms with Gasteiger partial charge in [-0.3, -0.25) is 9.78 Å². The molecule has 5 rings (SSSR count). The fourth-order valence-electron chi connectivity index (χ4n) is 4.32. The molecule has 1 aliphatic rings. The Labute approximate surface area is 233 Å². The van der Waals surface area contributed by atoms with Crippen molar-refractivity contribution in [1.29, 1.82) is 0 Å². The maximum Gasteiger partial charge on any atom is 0.223 e. The number of amides is 1. The maximum absolute atomic E-state index is 13.0. The molecule has 1 amide bonds. The number of carbonyl (C=O) groups excluding carboxylic acids is 1. The first-order valence-corrected chi connectivity index (χ1v) is 13.3. The molecule has 1 N–H and O–H groups in total. The highest BCUT2D eigenvalue weighted by atomic mass is 35.5. The molecule has 1 aromatic heterocycles. The van der Waals surface area contributed by atoms with Crippen molar-refractivity contribution in [3.8, 4) is 17.2 Å². The summed E-state index contributed by atoms with van der Waals surface area (Å²) in [6.07, 6.45) is 5.93. The summed E-state index contributed by atoms with van der Waals surface area (Å²) in [5.41, 5.74) is 3.26. The van der Waals surface area contributed by atoms with Gasteiger partial charge >= 0.3 is 0 Å². The zero-order chi connectivity index (χ0) is 27.0. The van der Waals surface area contributed by atoms with E-state index in [0.717, 1.165) is 41.7 Å². The third-order valence-electron chi connectivity index (χ3n) is 6.81. The van der Waals surface area contributed by atoms with Crippen molar-refractivity contribution < 1.29 is 19.0 Å². The van der Waals surface area contributed by atoms with Gasteiger partial charge in [0, 0.05) is 18.3 Å². The second kappa shape index (κ2) is 12.6. The van der Waals surface area contributed by atoms with Gasteiger partial charge in [0.2, 0.25) is 5.91 Å². The number of nitrogens with zero attached hydrogens (tertiary/aromatic N) is 2. The zero-order valence-electron chi connectivity index (χ0n) is 21.7. The molecule has 0 bridgehead atoms. The molecule has 3 aromatic carbocycles. The van der Waals surface area contributed by atoms with Gasteiger partial charge in [-0.05, 0) is 53.8 Å². The number of hydrogen-bond acceptors (Lipinski definition) is 6. The van der Waals surface area contributed by atoms with Crippen molar-refractivity contribution in [2.45, 2.75) is 38.5 Å². The maximum atomic E-state index is 13.0. The first-order chi connectivity index (χ1) is 19.1. The molecule has 8 heteroatoms. The Morgan fingerprint density at radius 1 is 0.923 bits per heavy atom. The Morgan fingerprint density at radius 2 is 1.62 bits per heavy atom. The van der Waals surface area contributed by atoms with Gasteiger partial charge in [-0.25, -0.2) is 4.98 Å². The molecular formula is C31H30ClN3O4. The third kappa shape index (κ3) is 6.67. The van der Waals surface area contributed by atoms with Crippen LogP contribution in [0.25, 0.3) is 0 Å². The Morgan fingerprint density at radius 3 is 2.28 bits per heavy atom. The quantitative estimate of drug-likeness (QED) is 0.239. The topological polar surface area (TPSA) is 82.6 Å². The molecular weight excluding hydrogens is 514 g/mol. The van der Waals surface area contributed by atoms with Crippen LogP contribution in [0.2, 0.25) is 5.15 Å². The average molecular weight is 544 g/mol. The summed E-state index contributed by atoms with van der Waals surface area (Å²) in [4.78, 5) is 21.6. The molecule has 39 heavy (non-hydrogen) atoms. The van der Waals surface area contributed by atoms with E-state index in [9.17, 15) is 4.79 Å². The molecule has 0 aliphatic heterocycles. The van der Waals surface area contributed by atoms with Gasteiger partial charge in [0.15, 0.2) is 16.7 Å².